The molecule has 94 valence electrons. The second-order valence-electron chi connectivity index (χ2n) is 4.52. The van der Waals surface area contributed by atoms with Gasteiger partial charge in [-0.3, -0.25) is 9.00 Å². The second-order valence-corrected chi connectivity index (χ2v) is 5.42. The molecule has 0 aromatic carbocycles. The van der Waals surface area contributed by atoms with Gasteiger partial charge >= 0.3 is 0 Å². The number of carbonyl (C=O) groups is 1. The van der Waals surface area contributed by atoms with Crippen LogP contribution in [0.4, 0.5) is 0 Å². The van der Waals surface area contributed by atoms with Crippen molar-refractivity contribution in [2.24, 2.45) is 5.41 Å². The van der Waals surface area contributed by atoms with Crippen LogP contribution in [0.5, 0.6) is 0 Å². The van der Waals surface area contributed by atoms with Crippen molar-refractivity contribution in [3.63, 3.8) is 0 Å². The van der Waals surface area contributed by atoms with Crippen molar-refractivity contribution in [3.8, 4) is 0 Å². The summed E-state index contributed by atoms with van der Waals surface area (Å²) in [7, 11) is 0. The van der Waals surface area contributed by atoms with Crippen LogP contribution in [0.25, 0.3) is 0 Å². The Bertz CT molecular complexity index is 349. The molecule has 16 heavy (non-hydrogen) atoms. The summed E-state index contributed by atoms with van der Waals surface area (Å²) in [5, 5.41) is 9.50. The first kappa shape index (κ1) is 16.7. The Morgan fingerprint density at radius 3 is 2.50 bits per heavy atom. The van der Waals surface area contributed by atoms with Gasteiger partial charge < -0.3 is 9.66 Å². The number of Topliss-reactive ketones (excluding diaryl/α,β-unsaturated/α-hetero) is 1. The summed E-state index contributed by atoms with van der Waals surface area (Å²) in [6.07, 6.45) is -0.709. The van der Waals surface area contributed by atoms with Gasteiger partial charge in [-0.15, -0.1) is 0 Å². The van der Waals surface area contributed by atoms with Gasteiger partial charge in [0.1, 0.15) is 6.10 Å². The van der Waals surface area contributed by atoms with Crippen LogP contribution in [0.15, 0.2) is 11.1 Å². The summed E-state index contributed by atoms with van der Waals surface area (Å²) >= 11 is -2.20. The Hall–Kier alpha value is 0.740. The van der Waals surface area contributed by atoms with E-state index in [1.54, 1.807) is 6.92 Å². The molecule has 0 spiro atoms. The molecule has 0 heterocycles. The van der Waals surface area contributed by atoms with E-state index < -0.39 is 22.6 Å². The minimum atomic E-state index is -2.20. The minimum Gasteiger partial charge on any atom is -0.772 e. The van der Waals surface area contributed by atoms with E-state index in [-0.39, 0.29) is 55.7 Å². The molecule has 1 N–H and O–H groups in total. The first-order valence-corrected chi connectivity index (χ1v) is 5.98. The van der Waals surface area contributed by atoms with E-state index in [2.05, 4.69) is 0 Å². The third-order valence-corrected chi connectivity index (χ3v) is 3.43. The molecule has 1 aliphatic rings. The maximum Gasteiger partial charge on any atom is 0.187 e. The van der Waals surface area contributed by atoms with Gasteiger partial charge in [0.25, 0.3) is 0 Å². The summed E-state index contributed by atoms with van der Waals surface area (Å²) in [4.78, 5) is 11.5. The molecule has 6 heteroatoms. The Balaban J connectivity index is 0.00000225. The molecule has 0 saturated heterocycles. The van der Waals surface area contributed by atoms with Crippen LogP contribution in [-0.4, -0.2) is 31.5 Å². The zero-order valence-electron chi connectivity index (χ0n) is 9.43. The maximum absolute atomic E-state index is 11.5. The second kappa shape index (κ2) is 6.07. The standard InChI is InChI=1S/C10H16O4S.Ar/c1-6-7(5-15(13)14)10(2,3)4-8(11)9(6)12;/h8,11H,4-5H2,1-3H3,(H,13,14);/p-1. The van der Waals surface area contributed by atoms with E-state index in [0.717, 1.165) is 0 Å². The molecule has 0 aliphatic heterocycles. The van der Waals surface area contributed by atoms with E-state index in [1.165, 1.54) is 0 Å². The van der Waals surface area contributed by atoms with Crippen LogP contribution < -0.4 is 0 Å². The molecule has 2 atom stereocenters. The summed E-state index contributed by atoms with van der Waals surface area (Å²) in [6.45, 7) is 5.26. The number of aliphatic hydroxyl groups excluding tert-OH is 1. The quantitative estimate of drug-likeness (QED) is 0.744. The van der Waals surface area contributed by atoms with Crippen molar-refractivity contribution >= 4 is 16.9 Å². The third-order valence-electron chi connectivity index (χ3n) is 2.91. The molecule has 0 bridgehead atoms. The Morgan fingerprint density at radius 1 is 1.56 bits per heavy atom. The molecule has 4 nitrogen and oxygen atoms in total. The summed E-state index contributed by atoms with van der Waals surface area (Å²) in [5.74, 6) is -0.480. The van der Waals surface area contributed by atoms with Gasteiger partial charge in [0, 0.05) is 43.5 Å². The largest absolute Gasteiger partial charge is 0.772 e. The number of ketones is 1. The first-order valence-electron chi connectivity index (χ1n) is 4.74. The van der Waals surface area contributed by atoms with Gasteiger partial charge in [-0.2, -0.15) is 0 Å². The van der Waals surface area contributed by atoms with Crippen LogP contribution in [0.3, 0.4) is 0 Å². The minimum absolute atomic E-state index is 0. The molecule has 0 saturated carbocycles. The molecule has 0 amide bonds. The number of hydrogen-bond acceptors (Lipinski definition) is 4. The summed E-state index contributed by atoms with van der Waals surface area (Å²) < 4.78 is 21.4. The molecular weight excluding hydrogens is 256 g/mol. The molecular formula is C10H15ArO4S-. The zero-order valence-corrected chi connectivity index (χ0v) is 10.9. The predicted octanol–water partition coefficient (Wildman–Crippen LogP) is 0.542. The fraction of sp³-hybridized carbons (Fsp3) is 0.700. The molecule has 0 aromatic rings. The van der Waals surface area contributed by atoms with Crippen molar-refractivity contribution in [1.29, 1.82) is 0 Å². The van der Waals surface area contributed by atoms with Gasteiger partial charge in [-0.05, 0) is 29.9 Å². The number of carbonyl (C=O) groups excluding carboxylic acids is 1. The van der Waals surface area contributed by atoms with Crippen molar-refractivity contribution < 1.29 is 56.4 Å². The number of hydrogen-bond donors (Lipinski definition) is 1. The normalized spacial score (nSPS) is 26.3. The van der Waals surface area contributed by atoms with Crippen LogP contribution in [-0.2, 0) is 15.9 Å². The number of aliphatic hydroxyl groups is 1. The average Bonchev–Trinajstić information content (AvgIpc) is 2.08. The predicted molar refractivity (Wildman–Crippen MR) is 55.9 cm³/mol. The molecule has 0 aromatic heterocycles. The van der Waals surface area contributed by atoms with Crippen LogP contribution in [0.2, 0.25) is 0 Å². The molecule has 0 radical (unpaired) electrons. The topological polar surface area (TPSA) is 77.4 Å². The van der Waals surface area contributed by atoms with Gasteiger partial charge in [0.05, 0.1) is 0 Å². The monoisotopic (exact) mass is 271 g/mol. The van der Waals surface area contributed by atoms with Crippen molar-refractivity contribution in [3.05, 3.63) is 11.1 Å². The van der Waals surface area contributed by atoms with Gasteiger partial charge in [-0.25, -0.2) is 0 Å². The molecule has 1 aliphatic carbocycles. The smallest absolute Gasteiger partial charge is 0.187 e. The molecule has 1 rings (SSSR count). The van der Waals surface area contributed by atoms with Gasteiger partial charge in [0.15, 0.2) is 5.78 Å². The van der Waals surface area contributed by atoms with Crippen LogP contribution in [0, 0.1) is 43.2 Å². The SMILES string of the molecule is CC1=C(CS(=O)[O-])C(C)(C)CC(O)C1=O.[Ar]. The van der Waals surface area contributed by atoms with Crippen molar-refractivity contribution in [2.45, 2.75) is 33.3 Å². The number of rotatable bonds is 2. The summed E-state index contributed by atoms with van der Waals surface area (Å²) in [5.41, 5.74) is 0.575. The van der Waals surface area contributed by atoms with Crippen LogP contribution >= 0.6 is 0 Å². The Labute approximate surface area is 128 Å². The molecule has 0 fully saturated rings. The van der Waals surface area contributed by atoms with Gasteiger partial charge in [-0.1, -0.05) is 24.9 Å². The van der Waals surface area contributed by atoms with E-state index in [4.69, 9.17) is 0 Å². The molecule has 2 unspecified atom stereocenters. The zero-order chi connectivity index (χ0) is 11.8. The first-order chi connectivity index (χ1) is 6.75. The van der Waals surface area contributed by atoms with E-state index >= 15 is 0 Å². The summed E-state index contributed by atoms with van der Waals surface area (Å²) in [6, 6.07) is 0. The Morgan fingerprint density at radius 2 is 2.06 bits per heavy atom. The Kier molecular flexibility index (Phi) is 6.35. The fourth-order valence-corrected chi connectivity index (χ4v) is 2.87. The van der Waals surface area contributed by atoms with E-state index in [0.29, 0.717) is 11.1 Å². The van der Waals surface area contributed by atoms with E-state index in [9.17, 15) is 18.7 Å². The fourth-order valence-electron chi connectivity index (χ4n) is 2.03. The van der Waals surface area contributed by atoms with E-state index in [1.807, 2.05) is 13.8 Å². The van der Waals surface area contributed by atoms with Gasteiger partial charge in [0.2, 0.25) is 0 Å². The van der Waals surface area contributed by atoms with Crippen LogP contribution in [0.1, 0.15) is 27.2 Å². The maximum atomic E-state index is 11.5. The average molecular weight is 271 g/mol. The third kappa shape index (κ3) is 3.62. The van der Waals surface area contributed by atoms with Crippen molar-refractivity contribution in [1.82, 2.24) is 0 Å². The van der Waals surface area contributed by atoms with Crippen molar-refractivity contribution in [2.75, 3.05) is 5.75 Å².